The van der Waals surface area contributed by atoms with Crippen molar-refractivity contribution in [1.82, 2.24) is 15.6 Å². The van der Waals surface area contributed by atoms with E-state index in [1.165, 1.54) is 12.3 Å². The molecule has 0 saturated carbocycles. The van der Waals surface area contributed by atoms with E-state index < -0.39 is 17.6 Å². The second-order valence-electron chi connectivity index (χ2n) is 5.52. The minimum atomic E-state index is -4.51. The smallest absolute Gasteiger partial charge is 0.421 e. The molecule has 0 saturated heterocycles. The van der Waals surface area contributed by atoms with Gasteiger partial charge in [0, 0.05) is 13.2 Å². The molecule has 2 aromatic rings. The van der Waals surface area contributed by atoms with Gasteiger partial charge in [0.05, 0.1) is 12.6 Å². The third-order valence-corrected chi connectivity index (χ3v) is 3.47. The van der Waals surface area contributed by atoms with Crippen LogP contribution in [-0.2, 0) is 6.18 Å². The van der Waals surface area contributed by atoms with Gasteiger partial charge >= 0.3 is 6.18 Å². The molecule has 0 spiro atoms. The summed E-state index contributed by atoms with van der Waals surface area (Å²) in [6.07, 6.45) is -3.25. The lowest BCUT2D eigenvalue weighted by molar-refractivity contribution is -0.139. The van der Waals surface area contributed by atoms with E-state index in [1.807, 2.05) is 26.0 Å². The van der Waals surface area contributed by atoms with Crippen LogP contribution in [0, 0.1) is 6.92 Å². The summed E-state index contributed by atoms with van der Waals surface area (Å²) in [5.74, 6) is 1.60. The van der Waals surface area contributed by atoms with Crippen LogP contribution in [0.4, 0.5) is 13.2 Å². The van der Waals surface area contributed by atoms with E-state index in [0.29, 0.717) is 5.96 Å². The number of aromatic nitrogens is 1. The lowest BCUT2D eigenvalue weighted by atomic mass is 10.2. The summed E-state index contributed by atoms with van der Waals surface area (Å²) >= 11 is 0. The van der Waals surface area contributed by atoms with Crippen molar-refractivity contribution < 1.29 is 22.3 Å². The zero-order valence-corrected chi connectivity index (χ0v) is 17.5. The highest BCUT2D eigenvalue weighted by Gasteiger charge is 2.34. The highest BCUT2D eigenvalue weighted by molar-refractivity contribution is 14.0. The van der Waals surface area contributed by atoms with Gasteiger partial charge in [-0.15, -0.1) is 24.0 Å². The third-order valence-electron chi connectivity index (χ3n) is 3.47. The number of halogens is 4. The van der Waals surface area contributed by atoms with E-state index in [9.17, 15) is 13.2 Å². The van der Waals surface area contributed by atoms with Crippen LogP contribution in [0.5, 0.6) is 5.88 Å². The minimum absolute atomic E-state index is 0. The van der Waals surface area contributed by atoms with Crippen LogP contribution in [0.2, 0.25) is 0 Å². The maximum absolute atomic E-state index is 12.9. The topological polar surface area (TPSA) is 71.7 Å². The van der Waals surface area contributed by atoms with Crippen LogP contribution in [0.1, 0.15) is 30.0 Å². The highest BCUT2D eigenvalue weighted by Crippen LogP contribution is 2.34. The van der Waals surface area contributed by atoms with Gasteiger partial charge < -0.3 is 19.8 Å². The van der Waals surface area contributed by atoms with Crippen molar-refractivity contribution in [1.29, 1.82) is 0 Å². The molecule has 0 bridgehead atoms. The van der Waals surface area contributed by atoms with Gasteiger partial charge in [0.2, 0.25) is 5.88 Å². The van der Waals surface area contributed by atoms with Gasteiger partial charge in [-0.2, -0.15) is 13.2 Å². The molecule has 2 heterocycles. The number of alkyl halides is 3. The maximum atomic E-state index is 12.9. The van der Waals surface area contributed by atoms with Crippen LogP contribution in [0.15, 0.2) is 39.9 Å². The zero-order valence-electron chi connectivity index (χ0n) is 15.1. The number of ether oxygens (including phenoxy) is 1. The summed E-state index contributed by atoms with van der Waals surface area (Å²) in [6.45, 7) is 4.01. The Labute approximate surface area is 172 Å². The van der Waals surface area contributed by atoms with E-state index in [1.54, 1.807) is 7.05 Å². The van der Waals surface area contributed by atoms with E-state index in [-0.39, 0.29) is 43.2 Å². The Bertz CT molecular complexity index is 750. The molecule has 27 heavy (non-hydrogen) atoms. The summed E-state index contributed by atoms with van der Waals surface area (Å²) < 4.78 is 49.3. The molecule has 0 radical (unpaired) electrons. The number of rotatable bonds is 6. The molecule has 0 aliphatic heterocycles. The van der Waals surface area contributed by atoms with Gasteiger partial charge in [-0.3, -0.25) is 4.99 Å². The molecule has 0 amide bonds. The summed E-state index contributed by atoms with van der Waals surface area (Å²) in [5, 5.41) is 6.09. The summed E-state index contributed by atoms with van der Waals surface area (Å²) in [4.78, 5) is 7.71. The van der Waals surface area contributed by atoms with Crippen LogP contribution >= 0.6 is 24.0 Å². The predicted octanol–water partition coefficient (Wildman–Crippen LogP) is 3.92. The third kappa shape index (κ3) is 6.92. The average Bonchev–Trinajstić information content (AvgIpc) is 3.03. The Morgan fingerprint density at radius 3 is 2.67 bits per heavy atom. The SMILES string of the molecule is CN=C(NCCOc1ncccc1C(F)(F)F)NC(C)c1ccc(C)o1.I. The number of guanidine groups is 1. The molecule has 6 nitrogen and oxygen atoms in total. The first-order chi connectivity index (χ1) is 12.3. The molecule has 10 heteroatoms. The van der Waals surface area contributed by atoms with Crippen molar-refractivity contribution in [3.63, 3.8) is 0 Å². The van der Waals surface area contributed by atoms with Crippen molar-refractivity contribution in [3.05, 3.63) is 47.5 Å². The van der Waals surface area contributed by atoms with Gasteiger partial charge in [-0.25, -0.2) is 4.98 Å². The average molecular weight is 498 g/mol. The lowest BCUT2D eigenvalue weighted by Crippen LogP contribution is -2.40. The number of pyridine rings is 1. The predicted molar refractivity (Wildman–Crippen MR) is 107 cm³/mol. The quantitative estimate of drug-likeness (QED) is 0.274. The maximum Gasteiger partial charge on any atom is 0.421 e. The first-order valence-corrected chi connectivity index (χ1v) is 7.99. The van der Waals surface area contributed by atoms with E-state index in [0.717, 1.165) is 17.6 Å². The second kappa shape index (κ2) is 10.4. The molecule has 0 aromatic carbocycles. The largest absolute Gasteiger partial charge is 0.475 e. The second-order valence-corrected chi connectivity index (χ2v) is 5.52. The number of nitrogens with one attached hydrogen (secondary N) is 2. The van der Waals surface area contributed by atoms with Crippen molar-refractivity contribution in [2.24, 2.45) is 4.99 Å². The van der Waals surface area contributed by atoms with Crippen molar-refractivity contribution in [3.8, 4) is 5.88 Å². The molecule has 1 atom stereocenters. The number of hydrogen-bond donors (Lipinski definition) is 2. The van der Waals surface area contributed by atoms with Crippen LogP contribution in [0.3, 0.4) is 0 Å². The monoisotopic (exact) mass is 498 g/mol. The molecule has 1 unspecified atom stereocenters. The summed E-state index contributed by atoms with van der Waals surface area (Å²) in [5.41, 5.74) is -0.899. The minimum Gasteiger partial charge on any atom is -0.475 e. The molecule has 0 aliphatic rings. The van der Waals surface area contributed by atoms with E-state index in [4.69, 9.17) is 9.15 Å². The normalized spacial score (nSPS) is 12.9. The molecule has 2 rings (SSSR count). The summed E-state index contributed by atoms with van der Waals surface area (Å²) in [7, 11) is 1.59. The molecular formula is C17H22F3IN4O2. The number of nitrogens with zero attached hydrogens (tertiary/aromatic N) is 2. The van der Waals surface area contributed by atoms with Gasteiger partial charge in [0.1, 0.15) is 23.7 Å². The molecular weight excluding hydrogens is 476 g/mol. The summed E-state index contributed by atoms with van der Waals surface area (Å²) in [6, 6.07) is 5.76. The number of hydrogen-bond acceptors (Lipinski definition) is 4. The molecule has 0 aliphatic carbocycles. The first kappa shape index (κ1) is 23.1. The first-order valence-electron chi connectivity index (χ1n) is 7.99. The van der Waals surface area contributed by atoms with Crippen LogP contribution < -0.4 is 15.4 Å². The van der Waals surface area contributed by atoms with Crippen molar-refractivity contribution in [2.45, 2.75) is 26.1 Å². The standard InChI is InChI=1S/C17H21F3N4O2.HI/c1-11-6-7-14(26-11)12(2)24-16(21-3)23-9-10-25-15-13(17(18,19)20)5-4-8-22-15;/h4-8,12H,9-10H2,1-3H3,(H2,21,23,24);1H. The zero-order chi connectivity index (χ0) is 19.2. The molecule has 0 fully saturated rings. The van der Waals surface area contributed by atoms with Gasteiger partial charge in [-0.05, 0) is 38.1 Å². The number of aliphatic imine (C=N–C) groups is 1. The van der Waals surface area contributed by atoms with Crippen LogP contribution in [0.25, 0.3) is 0 Å². The Balaban J connectivity index is 0.00000364. The number of aryl methyl sites for hydroxylation is 1. The van der Waals surface area contributed by atoms with Crippen molar-refractivity contribution >= 4 is 29.9 Å². The van der Waals surface area contributed by atoms with Crippen LogP contribution in [-0.4, -0.2) is 31.1 Å². The Morgan fingerprint density at radius 1 is 1.33 bits per heavy atom. The van der Waals surface area contributed by atoms with E-state index >= 15 is 0 Å². The fraction of sp³-hybridized carbons (Fsp3) is 0.412. The lowest BCUT2D eigenvalue weighted by Gasteiger charge is -2.17. The Kier molecular flexibility index (Phi) is 8.86. The molecule has 2 N–H and O–H groups in total. The fourth-order valence-corrected chi connectivity index (χ4v) is 2.20. The number of furan rings is 1. The Hall–Kier alpha value is -1.98. The molecule has 150 valence electrons. The highest BCUT2D eigenvalue weighted by atomic mass is 127. The van der Waals surface area contributed by atoms with Gasteiger partial charge in [0.25, 0.3) is 0 Å². The van der Waals surface area contributed by atoms with Crippen molar-refractivity contribution in [2.75, 3.05) is 20.2 Å². The Morgan fingerprint density at radius 2 is 2.07 bits per heavy atom. The fourth-order valence-electron chi connectivity index (χ4n) is 2.20. The molecule has 2 aromatic heterocycles. The van der Waals surface area contributed by atoms with Gasteiger partial charge in [-0.1, -0.05) is 0 Å². The van der Waals surface area contributed by atoms with Gasteiger partial charge in [0.15, 0.2) is 5.96 Å². The van der Waals surface area contributed by atoms with E-state index in [2.05, 4.69) is 20.6 Å².